The number of aliphatic hydroxyl groups is 1. The molecule has 2 nitrogen and oxygen atoms in total. The molecule has 1 rings (SSSR count). The number of hydrogen-bond acceptors (Lipinski definition) is 3. The molecule has 98 valence electrons. The van der Waals surface area contributed by atoms with Crippen LogP contribution in [0.1, 0.15) is 74.3 Å². The summed E-state index contributed by atoms with van der Waals surface area (Å²) in [6.45, 7) is 4.22. The summed E-state index contributed by atoms with van der Waals surface area (Å²) in [6.07, 6.45) is 11.5. The molecule has 0 spiro atoms. The Kier molecular flexibility index (Phi) is 7.45. The Hall–Kier alpha value is -0.410. The van der Waals surface area contributed by atoms with E-state index in [2.05, 4.69) is 11.9 Å². The monoisotopic (exact) mass is 255 g/mol. The van der Waals surface area contributed by atoms with E-state index in [-0.39, 0.29) is 6.10 Å². The van der Waals surface area contributed by atoms with Crippen LogP contribution in [0, 0.1) is 6.92 Å². The molecule has 0 aromatic carbocycles. The van der Waals surface area contributed by atoms with Gasteiger partial charge in [0.15, 0.2) is 0 Å². The number of aliphatic hydroxyl groups excluding tert-OH is 1. The van der Waals surface area contributed by atoms with Crippen molar-refractivity contribution in [2.24, 2.45) is 0 Å². The topological polar surface area (TPSA) is 33.1 Å². The predicted octanol–water partition coefficient (Wildman–Crippen LogP) is 4.63. The lowest BCUT2D eigenvalue weighted by molar-refractivity contribution is 0.167. The summed E-state index contributed by atoms with van der Waals surface area (Å²) in [5, 5.41) is 11.0. The highest BCUT2D eigenvalue weighted by Crippen LogP contribution is 2.25. The van der Waals surface area contributed by atoms with Gasteiger partial charge in [-0.05, 0) is 13.3 Å². The minimum atomic E-state index is -0.295. The van der Waals surface area contributed by atoms with Crippen LogP contribution in [0.25, 0.3) is 0 Å². The van der Waals surface area contributed by atoms with Crippen LogP contribution in [0.15, 0.2) is 6.20 Å². The Morgan fingerprint density at radius 2 is 1.82 bits per heavy atom. The van der Waals surface area contributed by atoms with E-state index in [1.54, 1.807) is 11.3 Å². The first-order chi connectivity index (χ1) is 8.24. The highest BCUT2D eigenvalue weighted by Gasteiger charge is 2.09. The standard InChI is InChI=1S/C14H25NOS/c1-3-4-5-6-7-8-9-10-13(16)14-11-15-12(2)17-14/h11,13,16H,3-10H2,1-2H3. The Bertz CT molecular complexity index is 298. The van der Waals surface area contributed by atoms with E-state index < -0.39 is 0 Å². The second-order valence-electron chi connectivity index (χ2n) is 4.71. The average Bonchev–Trinajstić information content (AvgIpc) is 2.74. The third-order valence-corrected chi connectivity index (χ3v) is 4.06. The molecule has 1 unspecified atom stereocenters. The van der Waals surface area contributed by atoms with E-state index >= 15 is 0 Å². The number of rotatable bonds is 9. The zero-order chi connectivity index (χ0) is 12.5. The van der Waals surface area contributed by atoms with Gasteiger partial charge in [-0.15, -0.1) is 11.3 Å². The summed E-state index contributed by atoms with van der Waals surface area (Å²) in [5.74, 6) is 0. The maximum absolute atomic E-state index is 9.95. The SMILES string of the molecule is CCCCCCCCCC(O)c1cnc(C)s1. The number of hydrogen-bond donors (Lipinski definition) is 1. The van der Waals surface area contributed by atoms with Gasteiger partial charge >= 0.3 is 0 Å². The molecule has 1 aromatic heterocycles. The minimum absolute atomic E-state index is 0.295. The molecule has 1 aromatic rings. The first-order valence-electron chi connectivity index (χ1n) is 6.84. The van der Waals surface area contributed by atoms with Crippen molar-refractivity contribution >= 4 is 11.3 Å². The van der Waals surface area contributed by atoms with Gasteiger partial charge in [-0.2, -0.15) is 0 Å². The zero-order valence-electron chi connectivity index (χ0n) is 11.1. The molecule has 0 saturated heterocycles. The van der Waals surface area contributed by atoms with Gasteiger partial charge in [-0.1, -0.05) is 51.9 Å². The molecule has 17 heavy (non-hydrogen) atoms. The van der Waals surface area contributed by atoms with E-state index in [9.17, 15) is 5.11 Å². The van der Waals surface area contributed by atoms with E-state index in [4.69, 9.17) is 0 Å². The molecule has 0 bridgehead atoms. The lowest BCUT2D eigenvalue weighted by Gasteiger charge is -2.07. The van der Waals surface area contributed by atoms with Gasteiger partial charge in [-0.25, -0.2) is 4.98 Å². The van der Waals surface area contributed by atoms with Crippen LogP contribution >= 0.6 is 11.3 Å². The number of thiazole rings is 1. The molecule has 0 saturated carbocycles. The smallest absolute Gasteiger partial charge is 0.0898 e. The quantitative estimate of drug-likeness (QED) is 0.653. The van der Waals surface area contributed by atoms with Crippen LogP contribution in [0.4, 0.5) is 0 Å². The molecule has 3 heteroatoms. The number of aryl methyl sites for hydroxylation is 1. The number of nitrogens with zero attached hydrogens (tertiary/aromatic N) is 1. The summed E-state index contributed by atoms with van der Waals surface area (Å²) >= 11 is 1.61. The van der Waals surface area contributed by atoms with Crippen LogP contribution in [0.3, 0.4) is 0 Å². The van der Waals surface area contributed by atoms with Crippen molar-refractivity contribution in [1.82, 2.24) is 4.98 Å². The van der Waals surface area contributed by atoms with E-state index in [1.165, 1.54) is 38.5 Å². The second-order valence-corrected chi connectivity index (χ2v) is 5.97. The van der Waals surface area contributed by atoms with Gasteiger partial charge in [0, 0.05) is 6.20 Å². The maximum atomic E-state index is 9.95. The molecule has 0 aliphatic carbocycles. The molecule has 1 N–H and O–H groups in total. The van der Waals surface area contributed by atoms with Gasteiger partial charge in [0.1, 0.15) is 0 Å². The first-order valence-corrected chi connectivity index (χ1v) is 7.66. The van der Waals surface area contributed by atoms with Gasteiger partial charge in [0.05, 0.1) is 16.0 Å². The molecular weight excluding hydrogens is 230 g/mol. The molecule has 1 heterocycles. The van der Waals surface area contributed by atoms with Gasteiger partial charge in [-0.3, -0.25) is 0 Å². The second kappa shape index (κ2) is 8.65. The summed E-state index contributed by atoms with van der Waals surface area (Å²) < 4.78 is 0. The van der Waals surface area contributed by atoms with E-state index in [0.29, 0.717) is 0 Å². The average molecular weight is 255 g/mol. The normalized spacial score (nSPS) is 12.9. The zero-order valence-corrected chi connectivity index (χ0v) is 11.9. The first kappa shape index (κ1) is 14.7. The molecule has 0 radical (unpaired) electrons. The summed E-state index contributed by atoms with van der Waals surface area (Å²) in [7, 11) is 0. The Balaban J connectivity index is 2.03. The molecule has 0 aliphatic heterocycles. The Morgan fingerprint density at radius 3 is 2.41 bits per heavy atom. The maximum Gasteiger partial charge on any atom is 0.0898 e. The third kappa shape index (κ3) is 6.18. The fourth-order valence-electron chi connectivity index (χ4n) is 1.97. The molecular formula is C14H25NOS. The largest absolute Gasteiger partial charge is 0.388 e. The van der Waals surface area contributed by atoms with Gasteiger partial charge in [0.25, 0.3) is 0 Å². The fourth-order valence-corrected chi connectivity index (χ4v) is 2.77. The summed E-state index contributed by atoms with van der Waals surface area (Å²) in [6, 6.07) is 0. The van der Waals surface area contributed by atoms with Gasteiger partial charge in [0.2, 0.25) is 0 Å². The predicted molar refractivity (Wildman–Crippen MR) is 74.4 cm³/mol. The Labute approximate surface area is 109 Å². The highest BCUT2D eigenvalue weighted by atomic mass is 32.1. The highest BCUT2D eigenvalue weighted by molar-refractivity contribution is 7.11. The van der Waals surface area contributed by atoms with Crippen molar-refractivity contribution < 1.29 is 5.11 Å². The van der Waals surface area contributed by atoms with Crippen LogP contribution in [-0.4, -0.2) is 10.1 Å². The third-order valence-electron chi connectivity index (χ3n) is 3.05. The van der Waals surface area contributed by atoms with Crippen LogP contribution < -0.4 is 0 Å². The molecule has 0 aliphatic rings. The van der Waals surface area contributed by atoms with Crippen molar-refractivity contribution in [2.75, 3.05) is 0 Å². The van der Waals surface area contributed by atoms with Gasteiger partial charge < -0.3 is 5.11 Å². The minimum Gasteiger partial charge on any atom is -0.388 e. The lowest BCUT2D eigenvalue weighted by Crippen LogP contribution is -1.94. The molecule has 0 amide bonds. The number of aromatic nitrogens is 1. The van der Waals surface area contributed by atoms with E-state index in [1.807, 2.05) is 13.1 Å². The van der Waals surface area contributed by atoms with E-state index in [0.717, 1.165) is 22.7 Å². The van der Waals surface area contributed by atoms with Crippen molar-refractivity contribution in [3.8, 4) is 0 Å². The summed E-state index contributed by atoms with van der Waals surface area (Å²) in [4.78, 5) is 5.20. The van der Waals surface area contributed by atoms with Crippen LogP contribution in [0.5, 0.6) is 0 Å². The van der Waals surface area contributed by atoms with Crippen molar-refractivity contribution in [3.63, 3.8) is 0 Å². The van der Waals surface area contributed by atoms with Crippen LogP contribution in [0.2, 0.25) is 0 Å². The van der Waals surface area contributed by atoms with Crippen molar-refractivity contribution in [3.05, 3.63) is 16.1 Å². The molecule has 0 fully saturated rings. The summed E-state index contributed by atoms with van der Waals surface area (Å²) in [5.41, 5.74) is 0. The fraction of sp³-hybridized carbons (Fsp3) is 0.786. The van der Waals surface area contributed by atoms with Crippen LogP contribution in [-0.2, 0) is 0 Å². The van der Waals surface area contributed by atoms with Crippen molar-refractivity contribution in [1.29, 1.82) is 0 Å². The molecule has 1 atom stereocenters. The lowest BCUT2D eigenvalue weighted by atomic mass is 10.1. The Morgan fingerprint density at radius 1 is 1.18 bits per heavy atom. The van der Waals surface area contributed by atoms with Crippen molar-refractivity contribution in [2.45, 2.75) is 71.3 Å². The number of unbranched alkanes of at least 4 members (excludes halogenated alkanes) is 6.